The lowest BCUT2D eigenvalue weighted by molar-refractivity contribution is 0.208. The average Bonchev–Trinajstić information content (AvgIpc) is 3.43. The number of amides is 2. The van der Waals surface area contributed by atoms with Crippen molar-refractivity contribution >= 4 is 28.4 Å². The summed E-state index contributed by atoms with van der Waals surface area (Å²) in [5, 5.41) is 3.89. The van der Waals surface area contributed by atoms with E-state index in [1.54, 1.807) is 20.5 Å². The van der Waals surface area contributed by atoms with Gasteiger partial charge in [0.2, 0.25) is 0 Å². The Bertz CT molecular complexity index is 1280. The van der Waals surface area contributed by atoms with Gasteiger partial charge in [0.1, 0.15) is 12.1 Å². The number of nitrogens with one attached hydrogen (secondary N) is 1. The number of anilines is 2. The molecule has 9 nitrogen and oxygen atoms in total. The second-order valence-corrected chi connectivity index (χ2v) is 7.96. The highest BCUT2D eigenvalue weighted by Crippen LogP contribution is 2.35. The first kappa shape index (κ1) is 21.6. The van der Waals surface area contributed by atoms with Crippen LogP contribution in [0.1, 0.15) is 0 Å². The molecule has 2 aromatic carbocycles. The van der Waals surface area contributed by atoms with Crippen LogP contribution in [0.25, 0.3) is 16.6 Å². The van der Waals surface area contributed by atoms with Gasteiger partial charge in [-0.1, -0.05) is 0 Å². The van der Waals surface area contributed by atoms with Crippen molar-refractivity contribution in [2.75, 3.05) is 50.6 Å². The third kappa shape index (κ3) is 4.19. The summed E-state index contributed by atoms with van der Waals surface area (Å²) in [6, 6.07) is 15.4. The van der Waals surface area contributed by atoms with Crippen LogP contribution in [0.4, 0.5) is 16.3 Å². The van der Waals surface area contributed by atoms with E-state index in [4.69, 9.17) is 9.47 Å². The van der Waals surface area contributed by atoms with E-state index in [0.717, 1.165) is 28.1 Å². The van der Waals surface area contributed by atoms with Crippen molar-refractivity contribution in [3.63, 3.8) is 0 Å². The Hall–Kier alpha value is -4.27. The molecule has 3 heterocycles. The third-order valence-corrected chi connectivity index (χ3v) is 6.01. The standard InChI is InChI=1S/C25H26N6O3/c1-33-22-15-20-21(16-23(22)34-2)26-17-27-24(20)30-11-13-31(14-12-30)25(32)28-18-5-7-19(8-6-18)29-9-3-4-10-29/h3-10,15-17H,11-14H2,1-2H3,(H,28,32). The Balaban J connectivity index is 1.25. The molecule has 34 heavy (non-hydrogen) atoms. The lowest BCUT2D eigenvalue weighted by Gasteiger charge is -2.35. The maximum Gasteiger partial charge on any atom is 0.321 e. The number of benzene rings is 2. The summed E-state index contributed by atoms with van der Waals surface area (Å²) in [5.74, 6) is 2.08. The molecule has 1 fully saturated rings. The number of rotatable bonds is 5. The largest absolute Gasteiger partial charge is 0.493 e. The molecule has 1 N–H and O–H groups in total. The number of hydrogen-bond donors (Lipinski definition) is 1. The van der Waals surface area contributed by atoms with Gasteiger partial charge in [0.05, 0.1) is 19.7 Å². The van der Waals surface area contributed by atoms with Gasteiger partial charge in [-0.25, -0.2) is 14.8 Å². The molecule has 0 radical (unpaired) electrons. The van der Waals surface area contributed by atoms with Gasteiger partial charge in [0, 0.05) is 61.4 Å². The predicted molar refractivity (Wildman–Crippen MR) is 131 cm³/mol. The molecule has 0 saturated carbocycles. The molecular weight excluding hydrogens is 432 g/mol. The van der Waals surface area contributed by atoms with Crippen molar-refractivity contribution in [3.05, 3.63) is 67.3 Å². The topological polar surface area (TPSA) is 84.8 Å². The fourth-order valence-corrected chi connectivity index (χ4v) is 4.17. The van der Waals surface area contributed by atoms with Gasteiger partial charge in [-0.3, -0.25) is 0 Å². The quantitative estimate of drug-likeness (QED) is 0.490. The molecule has 1 aliphatic rings. The van der Waals surface area contributed by atoms with Crippen LogP contribution in [0, 0.1) is 0 Å². The van der Waals surface area contributed by atoms with Crippen LogP contribution in [0.15, 0.2) is 67.3 Å². The van der Waals surface area contributed by atoms with E-state index in [2.05, 4.69) is 20.2 Å². The van der Waals surface area contributed by atoms with Crippen LogP contribution in [-0.2, 0) is 0 Å². The zero-order valence-corrected chi connectivity index (χ0v) is 19.1. The SMILES string of the molecule is COc1cc2ncnc(N3CCN(C(=O)Nc4ccc(-n5cccc5)cc4)CC3)c2cc1OC. The van der Waals surface area contributed by atoms with Crippen LogP contribution in [0.5, 0.6) is 11.5 Å². The van der Waals surface area contributed by atoms with Crippen molar-refractivity contribution in [1.29, 1.82) is 0 Å². The highest BCUT2D eigenvalue weighted by molar-refractivity contribution is 5.92. The first-order valence-electron chi connectivity index (χ1n) is 11.1. The second kappa shape index (κ2) is 9.30. The van der Waals surface area contributed by atoms with Crippen LogP contribution >= 0.6 is 0 Å². The smallest absolute Gasteiger partial charge is 0.321 e. The van der Waals surface area contributed by atoms with Crippen LogP contribution < -0.4 is 19.7 Å². The van der Waals surface area contributed by atoms with E-state index < -0.39 is 0 Å². The fourth-order valence-electron chi connectivity index (χ4n) is 4.17. The molecule has 5 rings (SSSR count). The van der Waals surface area contributed by atoms with Crippen molar-refractivity contribution in [2.24, 2.45) is 0 Å². The summed E-state index contributed by atoms with van der Waals surface area (Å²) in [6.07, 6.45) is 5.53. The second-order valence-electron chi connectivity index (χ2n) is 7.96. The first-order valence-corrected chi connectivity index (χ1v) is 11.1. The van der Waals surface area contributed by atoms with E-state index in [1.807, 2.05) is 70.4 Å². The molecule has 0 bridgehead atoms. The van der Waals surface area contributed by atoms with E-state index in [9.17, 15) is 4.79 Å². The van der Waals surface area contributed by atoms with Gasteiger partial charge in [-0.05, 0) is 42.5 Å². The Kier molecular flexibility index (Phi) is 5.90. The molecule has 0 atom stereocenters. The Morgan fingerprint density at radius 2 is 1.59 bits per heavy atom. The van der Waals surface area contributed by atoms with Crippen molar-refractivity contribution < 1.29 is 14.3 Å². The third-order valence-electron chi connectivity index (χ3n) is 6.01. The van der Waals surface area contributed by atoms with E-state index in [0.29, 0.717) is 37.7 Å². The molecule has 2 aromatic heterocycles. The maximum atomic E-state index is 12.8. The molecule has 9 heteroatoms. The Morgan fingerprint density at radius 3 is 2.26 bits per heavy atom. The van der Waals surface area contributed by atoms with E-state index in [1.165, 1.54) is 0 Å². The summed E-state index contributed by atoms with van der Waals surface area (Å²) in [7, 11) is 3.21. The molecule has 0 spiro atoms. The normalized spacial score (nSPS) is 13.7. The Morgan fingerprint density at radius 1 is 0.912 bits per heavy atom. The Labute approximate surface area is 197 Å². The molecule has 0 unspecified atom stereocenters. The highest BCUT2D eigenvalue weighted by atomic mass is 16.5. The number of carbonyl (C=O) groups is 1. The van der Waals surface area contributed by atoms with Crippen molar-refractivity contribution in [3.8, 4) is 17.2 Å². The summed E-state index contributed by atoms with van der Waals surface area (Å²) in [6.45, 7) is 2.51. The van der Waals surface area contributed by atoms with Gasteiger partial charge < -0.3 is 29.2 Å². The van der Waals surface area contributed by atoms with Crippen LogP contribution in [0.3, 0.4) is 0 Å². The average molecular weight is 459 g/mol. The molecule has 4 aromatic rings. The van der Waals surface area contributed by atoms with Gasteiger partial charge in [-0.15, -0.1) is 0 Å². The van der Waals surface area contributed by atoms with Gasteiger partial charge in [0.15, 0.2) is 11.5 Å². The predicted octanol–water partition coefficient (Wildman–Crippen LogP) is 3.79. The lowest BCUT2D eigenvalue weighted by Crippen LogP contribution is -2.50. The molecule has 2 amide bonds. The summed E-state index contributed by atoms with van der Waals surface area (Å²) in [5.41, 5.74) is 2.60. The van der Waals surface area contributed by atoms with Crippen LogP contribution in [-0.4, -0.2) is 65.9 Å². The number of hydrogen-bond acceptors (Lipinski definition) is 6. The number of carbonyl (C=O) groups excluding carboxylic acids is 1. The lowest BCUT2D eigenvalue weighted by atomic mass is 10.2. The molecule has 1 aliphatic heterocycles. The van der Waals surface area contributed by atoms with Crippen molar-refractivity contribution in [2.45, 2.75) is 0 Å². The van der Waals surface area contributed by atoms with Gasteiger partial charge >= 0.3 is 6.03 Å². The zero-order chi connectivity index (χ0) is 23.5. The monoisotopic (exact) mass is 458 g/mol. The summed E-state index contributed by atoms with van der Waals surface area (Å²) < 4.78 is 12.9. The van der Waals surface area contributed by atoms with E-state index in [-0.39, 0.29) is 6.03 Å². The minimum atomic E-state index is -0.104. The number of ether oxygens (including phenoxy) is 2. The maximum absolute atomic E-state index is 12.8. The molecule has 1 saturated heterocycles. The number of fused-ring (bicyclic) bond motifs is 1. The van der Waals surface area contributed by atoms with Crippen molar-refractivity contribution in [1.82, 2.24) is 19.4 Å². The van der Waals surface area contributed by atoms with E-state index >= 15 is 0 Å². The van der Waals surface area contributed by atoms with Gasteiger partial charge in [0.25, 0.3) is 0 Å². The minimum absolute atomic E-state index is 0.104. The number of urea groups is 1. The summed E-state index contributed by atoms with van der Waals surface area (Å²) in [4.78, 5) is 25.7. The fraction of sp³-hybridized carbons (Fsp3) is 0.240. The minimum Gasteiger partial charge on any atom is -0.493 e. The number of methoxy groups -OCH3 is 2. The zero-order valence-electron chi connectivity index (χ0n) is 19.1. The number of aromatic nitrogens is 3. The molecular formula is C25H26N6O3. The molecule has 0 aliphatic carbocycles. The van der Waals surface area contributed by atoms with Gasteiger partial charge in [-0.2, -0.15) is 0 Å². The first-order chi connectivity index (χ1) is 16.7. The molecule has 174 valence electrons. The number of piperazine rings is 1. The van der Waals surface area contributed by atoms with Crippen LogP contribution in [0.2, 0.25) is 0 Å². The summed E-state index contributed by atoms with van der Waals surface area (Å²) >= 11 is 0. The number of nitrogens with zero attached hydrogens (tertiary/aromatic N) is 5. The highest BCUT2D eigenvalue weighted by Gasteiger charge is 2.24.